The van der Waals surface area contributed by atoms with Gasteiger partial charge >= 0.3 is 6.92 Å². The van der Waals surface area contributed by atoms with E-state index >= 15 is 0 Å². The number of nitrogens with one attached hydrogen (secondary N) is 1. The van der Waals surface area contributed by atoms with Crippen molar-refractivity contribution < 1.29 is 9.82 Å². The topological polar surface area (TPSA) is 114 Å². The molecular weight excluding hydrogens is 385 g/mol. The lowest BCUT2D eigenvalue weighted by Crippen LogP contribution is -2.26. The molecule has 2 heterocycles. The van der Waals surface area contributed by atoms with Gasteiger partial charge in [0.05, 0.1) is 17.5 Å². The molecule has 4 aromatic rings. The van der Waals surface area contributed by atoms with Gasteiger partial charge in [0.15, 0.2) is 5.82 Å². The van der Waals surface area contributed by atoms with E-state index in [0.29, 0.717) is 17.1 Å². The number of aromatic nitrogens is 3. The molecule has 0 bridgehead atoms. The molecule has 4 rings (SSSR count). The van der Waals surface area contributed by atoms with Crippen molar-refractivity contribution in [3.8, 4) is 11.1 Å². The number of nitrogen functional groups attached to an aromatic ring is 1. The highest BCUT2D eigenvalue weighted by atomic mass is 32.1. The molecule has 0 fully saturated rings. The van der Waals surface area contributed by atoms with Crippen LogP contribution in [-0.2, 0) is 0 Å². The highest BCUT2D eigenvalue weighted by molar-refractivity contribution is 7.03. The first-order valence-corrected chi connectivity index (χ1v) is 9.83. The van der Waals surface area contributed by atoms with Crippen molar-refractivity contribution in [2.75, 3.05) is 11.1 Å². The zero-order chi connectivity index (χ0) is 20.5. The van der Waals surface area contributed by atoms with Gasteiger partial charge in [-0.25, -0.2) is 4.37 Å². The minimum Gasteiger partial charge on any atom is -0.447 e. The molecule has 7 nitrogen and oxygen atoms in total. The predicted octanol–water partition coefficient (Wildman–Crippen LogP) is 2.72. The van der Waals surface area contributed by atoms with Gasteiger partial charge in [-0.2, -0.15) is 5.10 Å². The van der Waals surface area contributed by atoms with Gasteiger partial charge in [0.25, 0.3) is 5.91 Å². The number of carbonyl (C=O) groups is 1. The Morgan fingerprint density at radius 3 is 2.72 bits per heavy atom. The Morgan fingerprint density at radius 2 is 2.00 bits per heavy atom. The number of fused-ring (bicyclic) bond motifs is 1. The van der Waals surface area contributed by atoms with E-state index in [-0.39, 0.29) is 5.91 Å². The zero-order valence-electron chi connectivity index (χ0n) is 15.9. The van der Waals surface area contributed by atoms with Crippen molar-refractivity contribution in [2.45, 2.75) is 13.7 Å². The molecule has 2 aromatic carbocycles. The first-order chi connectivity index (χ1) is 13.9. The molecule has 2 aromatic heterocycles. The van der Waals surface area contributed by atoms with Crippen molar-refractivity contribution in [3.05, 3.63) is 59.2 Å². The van der Waals surface area contributed by atoms with Crippen LogP contribution in [0.2, 0.25) is 6.82 Å². The monoisotopic (exact) mass is 403 g/mol. The third-order valence-electron chi connectivity index (χ3n) is 4.77. The summed E-state index contributed by atoms with van der Waals surface area (Å²) < 4.78 is 3.98. The van der Waals surface area contributed by atoms with Crippen molar-refractivity contribution in [1.82, 2.24) is 14.6 Å². The summed E-state index contributed by atoms with van der Waals surface area (Å²) in [6, 6.07) is 11.3. The van der Waals surface area contributed by atoms with Gasteiger partial charge in [0, 0.05) is 27.4 Å². The fraction of sp³-hybridized carbons (Fsp3) is 0.100. The third kappa shape index (κ3) is 3.70. The van der Waals surface area contributed by atoms with Gasteiger partial charge in [-0.3, -0.25) is 4.79 Å². The van der Waals surface area contributed by atoms with Crippen LogP contribution in [0.5, 0.6) is 0 Å². The molecule has 0 aliphatic heterocycles. The lowest BCUT2D eigenvalue weighted by atomic mass is 9.64. The number of anilines is 2. The van der Waals surface area contributed by atoms with Crippen LogP contribution < -0.4 is 16.5 Å². The number of aryl methyl sites for hydroxylation is 1. The maximum Gasteiger partial charge on any atom is 0.320 e. The molecule has 29 heavy (non-hydrogen) atoms. The Morgan fingerprint density at radius 1 is 1.17 bits per heavy atom. The molecule has 9 heteroatoms. The largest absolute Gasteiger partial charge is 0.447 e. The molecule has 1 amide bonds. The van der Waals surface area contributed by atoms with Gasteiger partial charge in [0.1, 0.15) is 0 Å². The molecule has 0 saturated heterocycles. The van der Waals surface area contributed by atoms with Crippen molar-refractivity contribution in [1.29, 1.82) is 0 Å². The lowest BCUT2D eigenvalue weighted by Gasteiger charge is -2.15. The second-order valence-electron chi connectivity index (χ2n) is 6.78. The molecule has 0 radical (unpaired) electrons. The van der Waals surface area contributed by atoms with Crippen molar-refractivity contribution in [2.24, 2.45) is 0 Å². The number of nitrogens with two attached hydrogens (primary N) is 1. The Balaban J connectivity index is 1.84. The Kier molecular flexibility index (Phi) is 5.00. The summed E-state index contributed by atoms with van der Waals surface area (Å²) in [5.41, 5.74) is 10.3. The Labute approximate surface area is 171 Å². The molecule has 0 aliphatic carbocycles. The van der Waals surface area contributed by atoms with Crippen molar-refractivity contribution >= 4 is 52.1 Å². The first kappa shape index (κ1) is 19.0. The smallest absolute Gasteiger partial charge is 0.320 e. The number of hydrogen-bond donors (Lipinski definition) is 3. The summed E-state index contributed by atoms with van der Waals surface area (Å²) in [4.78, 5) is 12.6. The molecule has 0 aliphatic rings. The van der Waals surface area contributed by atoms with E-state index in [9.17, 15) is 9.82 Å². The van der Waals surface area contributed by atoms with E-state index in [4.69, 9.17) is 5.73 Å². The van der Waals surface area contributed by atoms with Gasteiger partial charge in [0.2, 0.25) is 0 Å². The summed E-state index contributed by atoms with van der Waals surface area (Å²) in [7, 11) is 0. The molecule has 0 spiro atoms. The van der Waals surface area contributed by atoms with Crippen LogP contribution in [0.25, 0.3) is 21.9 Å². The standard InChI is InChI=1S/C20H18BN5O2S/c1-11-16-7-12(3-5-15(16)19(22)26-25-11)17-8-14(21(2)28)4-6-18(17)24-20(27)13-9-23-29-10-13/h3-10,28H,1-2H3,(H2,22,26)(H,24,27). The molecule has 144 valence electrons. The number of hydrogen-bond acceptors (Lipinski definition) is 7. The number of carbonyl (C=O) groups excluding carboxylic acids is 1. The van der Waals surface area contributed by atoms with Gasteiger partial charge < -0.3 is 16.1 Å². The second-order valence-corrected chi connectivity index (χ2v) is 7.44. The highest BCUT2D eigenvalue weighted by Gasteiger charge is 2.16. The fourth-order valence-corrected chi connectivity index (χ4v) is 3.67. The van der Waals surface area contributed by atoms with Crippen LogP contribution in [0, 0.1) is 6.92 Å². The number of nitrogens with zero attached hydrogens (tertiary/aromatic N) is 3. The highest BCUT2D eigenvalue weighted by Crippen LogP contribution is 2.32. The van der Waals surface area contributed by atoms with E-state index in [1.54, 1.807) is 24.3 Å². The van der Waals surface area contributed by atoms with Crippen molar-refractivity contribution in [3.63, 3.8) is 0 Å². The molecule has 0 atom stereocenters. The normalized spacial score (nSPS) is 10.9. The van der Waals surface area contributed by atoms with E-state index in [2.05, 4.69) is 19.9 Å². The number of benzene rings is 2. The average Bonchev–Trinajstić information content (AvgIpc) is 3.26. The summed E-state index contributed by atoms with van der Waals surface area (Å²) in [6.07, 6.45) is 1.53. The summed E-state index contributed by atoms with van der Waals surface area (Å²) in [6.45, 7) is 2.94. The first-order valence-electron chi connectivity index (χ1n) is 8.99. The van der Waals surface area contributed by atoms with Crippen LogP contribution >= 0.6 is 11.5 Å². The summed E-state index contributed by atoms with van der Waals surface area (Å²) >= 11 is 1.22. The molecular formula is C20H18BN5O2S. The maximum atomic E-state index is 12.6. The van der Waals surface area contributed by atoms with Crippen LogP contribution in [0.3, 0.4) is 0 Å². The molecule has 0 unspecified atom stereocenters. The van der Waals surface area contributed by atoms with E-state index < -0.39 is 6.92 Å². The van der Waals surface area contributed by atoms with E-state index in [0.717, 1.165) is 33.1 Å². The number of rotatable bonds is 4. The summed E-state index contributed by atoms with van der Waals surface area (Å²) in [5.74, 6) is 0.130. The van der Waals surface area contributed by atoms with Crippen LogP contribution in [0.4, 0.5) is 11.5 Å². The van der Waals surface area contributed by atoms with Gasteiger partial charge in [-0.1, -0.05) is 25.0 Å². The third-order valence-corrected chi connectivity index (χ3v) is 5.36. The minimum atomic E-state index is -0.636. The quantitative estimate of drug-likeness (QED) is 0.452. The molecule has 4 N–H and O–H groups in total. The lowest BCUT2D eigenvalue weighted by molar-refractivity contribution is 0.102. The summed E-state index contributed by atoms with van der Waals surface area (Å²) in [5, 5.41) is 24.5. The van der Waals surface area contributed by atoms with Gasteiger partial charge in [-0.05, 0) is 47.7 Å². The van der Waals surface area contributed by atoms with Crippen LogP contribution in [0.1, 0.15) is 16.1 Å². The minimum absolute atomic E-state index is 0.239. The SMILES string of the molecule is CB(O)c1ccc(NC(=O)c2cnsc2)c(-c2ccc3c(N)nnc(C)c3c2)c1. The average molecular weight is 403 g/mol. The molecule has 0 saturated carbocycles. The van der Waals surface area contributed by atoms with Crippen LogP contribution in [-0.4, -0.2) is 32.4 Å². The van der Waals surface area contributed by atoms with Gasteiger partial charge in [-0.15, -0.1) is 5.10 Å². The fourth-order valence-electron chi connectivity index (χ4n) is 3.15. The number of amides is 1. The Hall–Kier alpha value is -3.30. The Bertz CT molecular complexity index is 1210. The van der Waals surface area contributed by atoms with E-state index in [1.807, 2.05) is 31.2 Å². The van der Waals surface area contributed by atoms with Crippen LogP contribution in [0.15, 0.2) is 48.0 Å². The maximum absolute atomic E-state index is 12.6. The predicted molar refractivity (Wildman–Crippen MR) is 118 cm³/mol. The second kappa shape index (κ2) is 7.61. The van der Waals surface area contributed by atoms with E-state index in [1.165, 1.54) is 17.7 Å². The zero-order valence-corrected chi connectivity index (χ0v) is 16.7.